The van der Waals surface area contributed by atoms with E-state index in [0.29, 0.717) is 24.5 Å². The van der Waals surface area contributed by atoms with Crippen LogP contribution in [0.15, 0.2) is 16.7 Å². The molecule has 0 unspecified atom stereocenters. The smallest absolute Gasteiger partial charge is 0.313 e. The summed E-state index contributed by atoms with van der Waals surface area (Å²) in [6.07, 6.45) is 1.60. The van der Waals surface area contributed by atoms with E-state index in [0.717, 1.165) is 0 Å². The van der Waals surface area contributed by atoms with E-state index in [-0.39, 0.29) is 24.8 Å². The lowest BCUT2D eigenvalue weighted by molar-refractivity contribution is -0.143. The molecule has 0 amide bonds. The van der Waals surface area contributed by atoms with Crippen LogP contribution in [0.3, 0.4) is 0 Å². The molecule has 1 aromatic rings. The van der Waals surface area contributed by atoms with E-state index in [1.54, 1.807) is 19.9 Å². The van der Waals surface area contributed by atoms with Crippen LogP contribution in [0.2, 0.25) is 0 Å². The summed E-state index contributed by atoms with van der Waals surface area (Å²) in [6, 6.07) is 1.66. The fraction of sp³-hybridized carbons (Fsp3) is 0.500. The average molecular weight is 240 g/mol. The lowest BCUT2D eigenvalue weighted by Crippen LogP contribution is -2.11. The van der Waals surface area contributed by atoms with Gasteiger partial charge in [0.15, 0.2) is 0 Å². The van der Waals surface area contributed by atoms with Crippen molar-refractivity contribution in [2.45, 2.75) is 26.7 Å². The van der Waals surface area contributed by atoms with E-state index in [1.165, 1.54) is 6.26 Å². The number of ether oxygens (including phenoxy) is 2. The Labute approximate surface area is 99.7 Å². The molecule has 0 N–H and O–H groups in total. The molecule has 0 fully saturated rings. The molecule has 0 saturated carbocycles. The fourth-order valence-electron chi connectivity index (χ4n) is 1.39. The third kappa shape index (κ3) is 4.30. The maximum atomic E-state index is 11.3. The minimum atomic E-state index is -0.368. The number of furan rings is 1. The Balaban J connectivity index is 2.59. The fourth-order valence-corrected chi connectivity index (χ4v) is 1.39. The van der Waals surface area contributed by atoms with Gasteiger partial charge in [-0.1, -0.05) is 0 Å². The van der Waals surface area contributed by atoms with Crippen molar-refractivity contribution in [2.75, 3.05) is 13.2 Å². The molecule has 1 heterocycles. The summed E-state index contributed by atoms with van der Waals surface area (Å²) in [7, 11) is 0. The zero-order valence-electron chi connectivity index (χ0n) is 10.0. The molecule has 17 heavy (non-hydrogen) atoms. The Kier molecular flexibility index (Phi) is 5.26. The van der Waals surface area contributed by atoms with E-state index in [1.807, 2.05) is 0 Å². The summed E-state index contributed by atoms with van der Waals surface area (Å²) < 4.78 is 14.8. The second-order valence-electron chi connectivity index (χ2n) is 3.33. The van der Waals surface area contributed by atoms with E-state index in [2.05, 4.69) is 0 Å². The molecule has 1 rings (SSSR count). The molecule has 0 atom stereocenters. The highest BCUT2D eigenvalue weighted by Crippen LogP contribution is 2.13. The molecule has 0 aliphatic rings. The van der Waals surface area contributed by atoms with Crippen molar-refractivity contribution in [2.24, 2.45) is 0 Å². The predicted molar refractivity (Wildman–Crippen MR) is 59.4 cm³/mol. The van der Waals surface area contributed by atoms with Gasteiger partial charge in [-0.2, -0.15) is 0 Å². The second kappa shape index (κ2) is 6.73. The van der Waals surface area contributed by atoms with Gasteiger partial charge in [0.1, 0.15) is 12.2 Å². The predicted octanol–water partition coefficient (Wildman–Crippen LogP) is 1.49. The van der Waals surface area contributed by atoms with Gasteiger partial charge in [0.25, 0.3) is 0 Å². The van der Waals surface area contributed by atoms with Crippen molar-refractivity contribution >= 4 is 11.9 Å². The summed E-state index contributed by atoms with van der Waals surface area (Å²) in [5.74, 6) is -0.247. The molecule has 0 bridgehead atoms. The lowest BCUT2D eigenvalue weighted by Gasteiger charge is -2.03. The topological polar surface area (TPSA) is 65.7 Å². The van der Waals surface area contributed by atoms with Crippen LogP contribution < -0.4 is 0 Å². The number of carbonyl (C=O) groups is 2. The Hall–Kier alpha value is -1.78. The first-order chi connectivity index (χ1) is 8.17. The van der Waals surface area contributed by atoms with Gasteiger partial charge in [-0.25, -0.2) is 0 Å². The number of hydrogen-bond acceptors (Lipinski definition) is 5. The van der Waals surface area contributed by atoms with Crippen LogP contribution in [0.5, 0.6) is 0 Å². The van der Waals surface area contributed by atoms with Crippen LogP contribution in [0.25, 0.3) is 0 Å². The molecule has 0 aliphatic heterocycles. The Morgan fingerprint density at radius 3 is 2.29 bits per heavy atom. The third-order valence-electron chi connectivity index (χ3n) is 2.09. The van der Waals surface area contributed by atoms with Crippen LogP contribution in [-0.4, -0.2) is 25.2 Å². The molecule has 0 saturated heterocycles. The minimum Gasteiger partial charge on any atom is -0.468 e. The Morgan fingerprint density at radius 1 is 1.12 bits per heavy atom. The molecule has 1 aromatic heterocycles. The molecule has 0 aromatic carbocycles. The first kappa shape index (κ1) is 13.3. The van der Waals surface area contributed by atoms with Crippen LogP contribution in [0, 0.1) is 0 Å². The number of esters is 2. The monoisotopic (exact) mass is 240 g/mol. The first-order valence-corrected chi connectivity index (χ1v) is 5.53. The van der Waals surface area contributed by atoms with Crippen molar-refractivity contribution in [1.82, 2.24) is 0 Å². The van der Waals surface area contributed by atoms with Gasteiger partial charge >= 0.3 is 11.9 Å². The highest BCUT2D eigenvalue weighted by molar-refractivity contribution is 5.75. The van der Waals surface area contributed by atoms with Crippen molar-refractivity contribution in [3.8, 4) is 0 Å². The highest BCUT2D eigenvalue weighted by atomic mass is 16.5. The van der Waals surface area contributed by atoms with E-state index in [9.17, 15) is 9.59 Å². The second-order valence-corrected chi connectivity index (χ2v) is 3.33. The SMILES string of the molecule is CCOC(=O)Cc1ccoc1CC(=O)OCC. The number of rotatable bonds is 6. The van der Waals surface area contributed by atoms with E-state index >= 15 is 0 Å². The largest absolute Gasteiger partial charge is 0.468 e. The summed E-state index contributed by atoms with van der Waals surface area (Å²) >= 11 is 0. The molecule has 0 aliphatic carbocycles. The van der Waals surface area contributed by atoms with E-state index in [4.69, 9.17) is 13.9 Å². The van der Waals surface area contributed by atoms with E-state index < -0.39 is 0 Å². The number of carbonyl (C=O) groups excluding carboxylic acids is 2. The lowest BCUT2D eigenvalue weighted by atomic mass is 10.1. The highest BCUT2D eigenvalue weighted by Gasteiger charge is 2.15. The minimum absolute atomic E-state index is 0.0373. The molecular formula is C12H16O5. The van der Waals surface area contributed by atoms with Crippen molar-refractivity contribution in [3.63, 3.8) is 0 Å². The number of hydrogen-bond donors (Lipinski definition) is 0. The zero-order chi connectivity index (χ0) is 12.7. The van der Waals surface area contributed by atoms with Crippen LogP contribution in [0.1, 0.15) is 25.2 Å². The van der Waals surface area contributed by atoms with Gasteiger partial charge in [0, 0.05) is 5.56 Å². The Bertz CT molecular complexity index is 346. The Morgan fingerprint density at radius 2 is 1.71 bits per heavy atom. The normalized spacial score (nSPS) is 10.0. The standard InChI is InChI=1S/C12H16O5/c1-3-15-11(13)7-9-5-6-17-10(9)8-12(14)16-4-2/h5-6H,3-4,7-8H2,1-2H3. The molecular weight excluding hydrogens is 224 g/mol. The van der Waals surface area contributed by atoms with Crippen LogP contribution in [0.4, 0.5) is 0 Å². The first-order valence-electron chi connectivity index (χ1n) is 5.53. The van der Waals surface area contributed by atoms with Gasteiger partial charge < -0.3 is 13.9 Å². The zero-order valence-corrected chi connectivity index (χ0v) is 10.0. The summed E-state index contributed by atoms with van der Waals surface area (Å²) in [5, 5.41) is 0. The van der Waals surface area contributed by atoms with Crippen molar-refractivity contribution in [1.29, 1.82) is 0 Å². The maximum Gasteiger partial charge on any atom is 0.313 e. The third-order valence-corrected chi connectivity index (χ3v) is 2.09. The van der Waals surface area contributed by atoms with Gasteiger partial charge in [-0.15, -0.1) is 0 Å². The van der Waals surface area contributed by atoms with Gasteiger partial charge in [-0.05, 0) is 19.9 Å². The van der Waals surface area contributed by atoms with Crippen molar-refractivity contribution < 1.29 is 23.5 Å². The quantitative estimate of drug-likeness (QED) is 0.705. The molecule has 5 nitrogen and oxygen atoms in total. The van der Waals surface area contributed by atoms with Crippen molar-refractivity contribution in [3.05, 3.63) is 23.7 Å². The van der Waals surface area contributed by atoms with Gasteiger partial charge in [0.05, 0.1) is 25.9 Å². The maximum absolute atomic E-state index is 11.3. The summed E-state index contributed by atoms with van der Waals surface area (Å²) in [5.41, 5.74) is 0.663. The van der Waals surface area contributed by atoms with Gasteiger partial charge in [0.2, 0.25) is 0 Å². The average Bonchev–Trinajstić information content (AvgIpc) is 2.66. The molecule has 0 spiro atoms. The summed E-state index contributed by atoms with van der Waals surface area (Å²) in [6.45, 7) is 4.14. The molecule has 5 heteroatoms. The van der Waals surface area contributed by atoms with Gasteiger partial charge in [-0.3, -0.25) is 9.59 Å². The molecule has 0 radical (unpaired) electrons. The molecule has 94 valence electrons. The van der Waals surface area contributed by atoms with Crippen LogP contribution in [-0.2, 0) is 31.9 Å². The summed E-state index contributed by atoms with van der Waals surface area (Å²) in [4.78, 5) is 22.6. The van der Waals surface area contributed by atoms with Crippen LogP contribution >= 0.6 is 0 Å².